The molecule has 0 spiro atoms. The van der Waals surface area contributed by atoms with Crippen molar-refractivity contribution in [2.45, 2.75) is 19.5 Å². The summed E-state index contributed by atoms with van der Waals surface area (Å²) in [6.07, 6.45) is 0.841. The Morgan fingerprint density at radius 2 is 2.26 bits per heavy atom. The Labute approximate surface area is 121 Å². The van der Waals surface area contributed by atoms with Gasteiger partial charge in [-0.2, -0.15) is 0 Å². The van der Waals surface area contributed by atoms with E-state index in [4.69, 9.17) is 16.7 Å². The lowest BCUT2D eigenvalue weighted by Crippen LogP contribution is -2.25. The van der Waals surface area contributed by atoms with Gasteiger partial charge in [-0.1, -0.05) is 23.7 Å². The Hall–Kier alpha value is -1.23. The second-order valence-electron chi connectivity index (χ2n) is 4.47. The van der Waals surface area contributed by atoms with Crippen LogP contribution in [0.25, 0.3) is 10.9 Å². The zero-order chi connectivity index (χ0) is 12.7. The van der Waals surface area contributed by atoms with Gasteiger partial charge in [0.1, 0.15) is 6.54 Å². The van der Waals surface area contributed by atoms with Gasteiger partial charge in [0.15, 0.2) is 0 Å². The highest BCUT2D eigenvalue weighted by Crippen LogP contribution is 2.32. The second kappa shape index (κ2) is 5.41. The van der Waals surface area contributed by atoms with Crippen molar-refractivity contribution in [3.63, 3.8) is 0 Å². The first-order chi connectivity index (χ1) is 8.68. The summed E-state index contributed by atoms with van der Waals surface area (Å²) < 4.78 is 1.84. The lowest BCUT2D eigenvalue weighted by atomic mass is 10.1. The fraction of sp³-hybridized carbons (Fsp3) is 0.308. The van der Waals surface area contributed by atoms with E-state index in [-0.39, 0.29) is 19.0 Å². The number of nitrogens with zero attached hydrogens (tertiary/aromatic N) is 1. The third-order valence-corrected chi connectivity index (χ3v) is 3.69. The van der Waals surface area contributed by atoms with E-state index in [1.807, 2.05) is 16.7 Å². The maximum Gasteiger partial charge on any atom is 0.323 e. The zero-order valence-corrected chi connectivity index (χ0v) is 11.7. The van der Waals surface area contributed by atoms with Gasteiger partial charge < -0.3 is 15.0 Å². The Kier molecular flexibility index (Phi) is 4.04. The van der Waals surface area contributed by atoms with Crippen LogP contribution >= 0.6 is 24.0 Å². The molecule has 1 aliphatic rings. The number of hydrogen-bond acceptors (Lipinski definition) is 2. The van der Waals surface area contributed by atoms with Gasteiger partial charge in [0.25, 0.3) is 0 Å². The predicted octanol–water partition coefficient (Wildman–Crippen LogP) is 2.45. The normalized spacial score (nSPS) is 13.9. The van der Waals surface area contributed by atoms with Crippen molar-refractivity contribution >= 4 is 40.9 Å². The minimum absolute atomic E-state index is 0. The number of halogens is 2. The standard InChI is InChI=1S/C13H13ClN2O2.ClH/c14-10-3-1-2-8-9-6-15-5-4-11(9)16(13(8)10)7-12(17)18;/h1-3,15H,4-7H2,(H,17,18);1H. The average Bonchev–Trinajstić information content (AvgIpc) is 2.66. The molecule has 0 unspecified atom stereocenters. The van der Waals surface area contributed by atoms with E-state index in [1.165, 1.54) is 5.56 Å². The highest BCUT2D eigenvalue weighted by atomic mass is 35.5. The number of benzene rings is 1. The molecule has 6 heteroatoms. The van der Waals surface area contributed by atoms with Gasteiger partial charge in [-0.05, 0) is 11.6 Å². The maximum atomic E-state index is 11.0. The molecule has 0 atom stereocenters. The molecule has 4 nitrogen and oxygen atoms in total. The molecule has 19 heavy (non-hydrogen) atoms. The molecule has 0 fully saturated rings. The smallest absolute Gasteiger partial charge is 0.323 e. The summed E-state index contributed by atoms with van der Waals surface area (Å²) in [5, 5.41) is 14.0. The van der Waals surface area contributed by atoms with Crippen LogP contribution in [0.3, 0.4) is 0 Å². The Morgan fingerprint density at radius 3 is 3.00 bits per heavy atom. The number of para-hydroxylation sites is 1. The molecular formula is C13H14Cl2N2O2. The van der Waals surface area contributed by atoms with E-state index in [1.54, 1.807) is 6.07 Å². The average molecular weight is 301 g/mol. The molecule has 1 aliphatic heterocycles. The molecule has 1 aromatic heterocycles. The Balaban J connectivity index is 0.00000133. The fourth-order valence-electron chi connectivity index (χ4n) is 2.70. The Morgan fingerprint density at radius 1 is 1.47 bits per heavy atom. The third-order valence-electron chi connectivity index (χ3n) is 3.39. The van der Waals surface area contributed by atoms with E-state index < -0.39 is 5.97 Å². The van der Waals surface area contributed by atoms with Crippen LogP contribution in [0, 0.1) is 0 Å². The minimum atomic E-state index is -0.840. The van der Waals surface area contributed by atoms with Crippen LogP contribution in [0.4, 0.5) is 0 Å². The maximum absolute atomic E-state index is 11.0. The summed E-state index contributed by atoms with van der Waals surface area (Å²) in [5.74, 6) is -0.840. The topological polar surface area (TPSA) is 54.3 Å². The molecule has 0 saturated carbocycles. The van der Waals surface area contributed by atoms with E-state index in [9.17, 15) is 4.79 Å². The molecule has 2 aromatic rings. The molecule has 2 heterocycles. The summed E-state index contributed by atoms with van der Waals surface area (Å²) >= 11 is 6.23. The molecule has 1 aromatic carbocycles. The molecule has 0 saturated heterocycles. The molecule has 2 N–H and O–H groups in total. The van der Waals surface area contributed by atoms with E-state index >= 15 is 0 Å². The monoisotopic (exact) mass is 300 g/mol. The van der Waals surface area contributed by atoms with Crippen LogP contribution in [0.2, 0.25) is 5.02 Å². The van der Waals surface area contributed by atoms with Crippen LogP contribution < -0.4 is 5.32 Å². The van der Waals surface area contributed by atoms with Crippen molar-refractivity contribution in [3.05, 3.63) is 34.5 Å². The second-order valence-corrected chi connectivity index (χ2v) is 4.88. The number of nitrogens with one attached hydrogen (secondary N) is 1. The number of carboxylic acids is 1. The first-order valence-corrected chi connectivity index (χ1v) is 6.27. The largest absolute Gasteiger partial charge is 0.480 e. The quantitative estimate of drug-likeness (QED) is 0.896. The van der Waals surface area contributed by atoms with Gasteiger partial charge in [-0.15, -0.1) is 12.4 Å². The molecule has 102 valence electrons. The highest BCUT2D eigenvalue weighted by molar-refractivity contribution is 6.35. The zero-order valence-electron chi connectivity index (χ0n) is 10.1. The summed E-state index contributed by atoms with van der Waals surface area (Å²) in [5.41, 5.74) is 3.12. The van der Waals surface area contributed by atoms with E-state index in [0.717, 1.165) is 36.1 Å². The summed E-state index contributed by atoms with van der Waals surface area (Å²) in [7, 11) is 0. The molecular weight excluding hydrogens is 287 g/mol. The number of carboxylic acid groups (broad SMARTS) is 1. The number of rotatable bonds is 2. The molecule has 0 aliphatic carbocycles. The van der Waals surface area contributed by atoms with E-state index in [0.29, 0.717) is 5.02 Å². The number of aromatic nitrogens is 1. The summed E-state index contributed by atoms with van der Waals surface area (Å²) in [6, 6.07) is 5.72. The number of carbonyl (C=O) groups is 1. The van der Waals surface area contributed by atoms with Gasteiger partial charge in [-0.3, -0.25) is 4.79 Å². The molecule has 0 amide bonds. The van der Waals surface area contributed by atoms with Gasteiger partial charge in [0.2, 0.25) is 0 Å². The van der Waals surface area contributed by atoms with Crippen molar-refractivity contribution in [3.8, 4) is 0 Å². The number of aliphatic carboxylic acids is 1. The van der Waals surface area contributed by atoms with Crippen molar-refractivity contribution in [1.82, 2.24) is 9.88 Å². The molecule has 0 radical (unpaired) electrons. The minimum Gasteiger partial charge on any atom is -0.480 e. The lowest BCUT2D eigenvalue weighted by Gasteiger charge is -2.16. The van der Waals surface area contributed by atoms with Crippen LogP contribution in [0.5, 0.6) is 0 Å². The highest BCUT2D eigenvalue weighted by Gasteiger charge is 2.22. The lowest BCUT2D eigenvalue weighted by molar-refractivity contribution is -0.137. The van der Waals surface area contributed by atoms with Crippen molar-refractivity contribution in [2.24, 2.45) is 0 Å². The first kappa shape index (κ1) is 14.2. The van der Waals surface area contributed by atoms with Crippen LogP contribution in [0.1, 0.15) is 11.3 Å². The third kappa shape index (κ3) is 2.31. The van der Waals surface area contributed by atoms with Crippen molar-refractivity contribution < 1.29 is 9.90 Å². The van der Waals surface area contributed by atoms with Crippen LogP contribution in [-0.2, 0) is 24.3 Å². The van der Waals surface area contributed by atoms with Gasteiger partial charge in [0, 0.05) is 30.6 Å². The number of hydrogen-bond donors (Lipinski definition) is 2. The van der Waals surface area contributed by atoms with Crippen molar-refractivity contribution in [2.75, 3.05) is 6.54 Å². The van der Waals surface area contributed by atoms with E-state index in [2.05, 4.69) is 5.32 Å². The predicted molar refractivity (Wildman–Crippen MR) is 77.2 cm³/mol. The van der Waals surface area contributed by atoms with Crippen LogP contribution in [0.15, 0.2) is 18.2 Å². The van der Waals surface area contributed by atoms with Crippen molar-refractivity contribution in [1.29, 1.82) is 0 Å². The Bertz CT molecular complexity index is 637. The molecule has 3 rings (SSSR count). The first-order valence-electron chi connectivity index (χ1n) is 5.89. The molecule has 0 bridgehead atoms. The van der Waals surface area contributed by atoms with Gasteiger partial charge >= 0.3 is 5.97 Å². The number of fused-ring (bicyclic) bond motifs is 3. The summed E-state index contributed by atoms with van der Waals surface area (Å²) in [4.78, 5) is 11.0. The van der Waals surface area contributed by atoms with Gasteiger partial charge in [0.05, 0.1) is 10.5 Å². The van der Waals surface area contributed by atoms with Gasteiger partial charge in [-0.25, -0.2) is 0 Å². The fourth-order valence-corrected chi connectivity index (χ4v) is 2.98. The summed E-state index contributed by atoms with van der Waals surface area (Å²) in [6.45, 7) is 1.62. The van der Waals surface area contributed by atoms with Crippen LogP contribution in [-0.4, -0.2) is 22.2 Å². The SMILES string of the molecule is Cl.O=C(O)Cn1c2c(c3cccc(Cl)c31)CNCC2.